The molecule has 1 unspecified atom stereocenters. The third-order valence-corrected chi connectivity index (χ3v) is 3.90. The van der Waals surface area contributed by atoms with Crippen LogP contribution in [0.15, 0.2) is 18.2 Å². The minimum Gasteiger partial charge on any atom is -0.480 e. The third-order valence-electron chi connectivity index (χ3n) is 2.94. The van der Waals surface area contributed by atoms with E-state index >= 15 is 0 Å². The Balaban J connectivity index is 2.62. The van der Waals surface area contributed by atoms with Crippen molar-refractivity contribution in [2.75, 3.05) is 0 Å². The number of carbonyl (C=O) groups is 2. The first kappa shape index (κ1) is 15.4. The summed E-state index contributed by atoms with van der Waals surface area (Å²) in [6.07, 6.45) is 3.77. The average molecular weight is 281 g/mol. The first-order valence-electron chi connectivity index (χ1n) is 6.21. The van der Waals surface area contributed by atoms with Gasteiger partial charge in [0.25, 0.3) is 0 Å². The molecule has 0 saturated heterocycles. The van der Waals surface area contributed by atoms with Crippen LogP contribution in [0.1, 0.15) is 30.0 Å². The van der Waals surface area contributed by atoms with E-state index < -0.39 is 12.0 Å². The van der Waals surface area contributed by atoms with Gasteiger partial charge in [0, 0.05) is 15.8 Å². The lowest BCUT2D eigenvalue weighted by atomic mass is 9.99. The number of amides is 1. The molecule has 0 aliphatic rings. The quantitative estimate of drug-likeness (QED) is 0.788. The van der Waals surface area contributed by atoms with E-state index in [4.69, 9.17) is 5.11 Å². The van der Waals surface area contributed by atoms with Crippen molar-refractivity contribution in [2.45, 2.75) is 33.2 Å². The van der Waals surface area contributed by atoms with Gasteiger partial charge in [-0.2, -0.15) is 0 Å². The Morgan fingerprint density at radius 1 is 1.47 bits per heavy atom. The molecule has 4 nitrogen and oxygen atoms in total. The van der Waals surface area contributed by atoms with Crippen LogP contribution in [0.3, 0.4) is 0 Å². The van der Waals surface area contributed by atoms with Gasteiger partial charge in [-0.25, -0.2) is 4.79 Å². The smallest absolute Gasteiger partial charge is 0.326 e. The Morgan fingerprint density at radius 2 is 2.16 bits per heavy atom. The van der Waals surface area contributed by atoms with E-state index in [1.54, 1.807) is 17.4 Å². The van der Waals surface area contributed by atoms with Crippen molar-refractivity contribution in [3.63, 3.8) is 0 Å². The van der Waals surface area contributed by atoms with Gasteiger partial charge in [-0.15, -0.1) is 11.3 Å². The molecule has 2 atom stereocenters. The molecular weight excluding hydrogens is 262 g/mol. The molecule has 19 heavy (non-hydrogen) atoms. The van der Waals surface area contributed by atoms with Gasteiger partial charge in [0.15, 0.2) is 0 Å². The van der Waals surface area contributed by atoms with Gasteiger partial charge in [-0.1, -0.05) is 20.3 Å². The molecule has 1 rings (SSSR count). The van der Waals surface area contributed by atoms with Gasteiger partial charge in [-0.3, -0.25) is 4.79 Å². The molecule has 0 aromatic carbocycles. The molecule has 5 heteroatoms. The van der Waals surface area contributed by atoms with E-state index in [-0.39, 0.29) is 11.8 Å². The highest BCUT2D eigenvalue weighted by molar-refractivity contribution is 7.12. The van der Waals surface area contributed by atoms with Gasteiger partial charge in [0.05, 0.1) is 0 Å². The Bertz CT molecular complexity index is 479. The number of carboxylic acid groups (broad SMARTS) is 1. The zero-order valence-electron chi connectivity index (χ0n) is 11.3. The second-order valence-corrected chi connectivity index (χ2v) is 5.81. The number of thiophene rings is 1. The molecule has 0 fully saturated rings. The standard InChI is InChI=1S/C14H19NO3S/c1-4-9(2)13(14(17)18)15-12(16)8-7-11-6-5-10(3)19-11/h5-9,13H,4H2,1-3H3,(H,15,16)(H,17,18)/b8-7+/t9?,13-/m0/s1. The maximum atomic E-state index is 11.7. The third kappa shape index (κ3) is 4.87. The second-order valence-electron chi connectivity index (χ2n) is 4.49. The Morgan fingerprint density at radius 3 is 2.63 bits per heavy atom. The van der Waals surface area contributed by atoms with Gasteiger partial charge in [0.1, 0.15) is 6.04 Å². The Kier molecular flexibility index (Phi) is 5.76. The van der Waals surface area contributed by atoms with Crippen LogP contribution in [0.2, 0.25) is 0 Å². The monoisotopic (exact) mass is 281 g/mol. The maximum absolute atomic E-state index is 11.7. The summed E-state index contributed by atoms with van der Waals surface area (Å²) >= 11 is 1.58. The minimum atomic E-state index is -0.997. The van der Waals surface area contributed by atoms with E-state index in [1.807, 2.05) is 32.9 Å². The highest BCUT2D eigenvalue weighted by atomic mass is 32.1. The van der Waals surface area contributed by atoms with E-state index in [0.717, 1.165) is 4.88 Å². The maximum Gasteiger partial charge on any atom is 0.326 e. The fourth-order valence-corrected chi connectivity index (χ4v) is 2.37. The van der Waals surface area contributed by atoms with Crippen molar-refractivity contribution in [3.05, 3.63) is 28.0 Å². The van der Waals surface area contributed by atoms with Crippen LogP contribution in [0.5, 0.6) is 0 Å². The summed E-state index contributed by atoms with van der Waals surface area (Å²) in [5.74, 6) is -1.47. The highest BCUT2D eigenvalue weighted by Crippen LogP contribution is 2.16. The van der Waals surface area contributed by atoms with Crippen LogP contribution >= 0.6 is 11.3 Å². The van der Waals surface area contributed by atoms with E-state index in [0.29, 0.717) is 6.42 Å². The number of aliphatic carboxylic acids is 1. The molecule has 1 amide bonds. The van der Waals surface area contributed by atoms with Crippen molar-refractivity contribution in [1.82, 2.24) is 5.32 Å². The van der Waals surface area contributed by atoms with Crippen molar-refractivity contribution < 1.29 is 14.7 Å². The van der Waals surface area contributed by atoms with Gasteiger partial charge in [-0.05, 0) is 31.1 Å². The fraction of sp³-hybridized carbons (Fsp3) is 0.429. The number of carbonyl (C=O) groups excluding carboxylic acids is 1. The van der Waals surface area contributed by atoms with Crippen molar-refractivity contribution >= 4 is 29.3 Å². The molecule has 0 bridgehead atoms. The number of rotatable bonds is 6. The summed E-state index contributed by atoms with van der Waals surface area (Å²) in [5, 5.41) is 11.6. The van der Waals surface area contributed by atoms with Crippen LogP contribution in [0.25, 0.3) is 6.08 Å². The predicted octanol–water partition coefficient (Wildman–Crippen LogP) is 2.69. The largest absolute Gasteiger partial charge is 0.480 e. The molecule has 2 N–H and O–H groups in total. The molecule has 0 saturated carbocycles. The van der Waals surface area contributed by atoms with Gasteiger partial charge >= 0.3 is 5.97 Å². The summed E-state index contributed by atoms with van der Waals surface area (Å²) < 4.78 is 0. The summed E-state index contributed by atoms with van der Waals surface area (Å²) in [6.45, 7) is 5.70. The highest BCUT2D eigenvalue weighted by Gasteiger charge is 2.24. The molecule has 1 heterocycles. The SMILES string of the molecule is CCC(C)[C@H](NC(=O)/C=C/c1ccc(C)s1)C(=O)O. The molecule has 104 valence electrons. The number of hydrogen-bond acceptors (Lipinski definition) is 3. The zero-order chi connectivity index (χ0) is 14.4. The van der Waals surface area contributed by atoms with E-state index in [9.17, 15) is 9.59 Å². The van der Waals surface area contributed by atoms with E-state index in [1.165, 1.54) is 11.0 Å². The van der Waals surface area contributed by atoms with Crippen LogP contribution in [-0.4, -0.2) is 23.0 Å². The zero-order valence-corrected chi connectivity index (χ0v) is 12.2. The summed E-state index contributed by atoms with van der Waals surface area (Å²) in [5.41, 5.74) is 0. The molecule has 1 aromatic rings. The first-order valence-corrected chi connectivity index (χ1v) is 7.03. The first-order chi connectivity index (χ1) is 8.93. The number of hydrogen-bond donors (Lipinski definition) is 2. The lowest BCUT2D eigenvalue weighted by Gasteiger charge is -2.19. The molecule has 0 spiro atoms. The molecule has 1 aromatic heterocycles. The van der Waals surface area contributed by atoms with Crippen molar-refractivity contribution in [1.29, 1.82) is 0 Å². The summed E-state index contributed by atoms with van der Waals surface area (Å²) in [7, 11) is 0. The summed E-state index contributed by atoms with van der Waals surface area (Å²) in [6, 6.07) is 3.06. The molecular formula is C14H19NO3S. The van der Waals surface area contributed by atoms with Crippen LogP contribution < -0.4 is 5.32 Å². The predicted molar refractivity (Wildman–Crippen MR) is 77.1 cm³/mol. The normalized spacial score (nSPS) is 14.3. The second kappa shape index (κ2) is 7.09. The fourth-order valence-electron chi connectivity index (χ4n) is 1.59. The number of nitrogens with one attached hydrogen (secondary N) is 1. The van der Waals surface area contributed by atoms with Gasteiger partial charge < -0.3 is 10.4 Å². The van der Waals surface area contributed by atoms with Gasteiger partial charge in [0.2, 0.25) is 5.91 Å². The van der Waals surface area contributed by atoms with Crippen LogP contribution in [-0.2, 0) is 9.59 Å². The van der Waals surface area contributed by atoms with Crippen LogP contribution in [0.4, 0.5) is 0 Å². The molecule has 0 aliphatic carbocycles. The topological polar surface area (TPSA) is 66.4 Å². The summed E-state index contributed by atoms with van der Waals surface area (Å²) in [4.78, 5) is 24.9. The molecule has 0 aliphatic heterocycles. The average Bonchev–Trinajstić information content (AvgIpc) is 2.78. The molecule has 0 radical (unpaired) electrons. The van der Waals surface area contributed by atoms with Crippen molar-refractivity contribution in [2.24, 2.45) is 5.92 Å². The minimum absolute atomic E-state index is 0.0983. The number of aryl methyl sites for hydroxylation is 1. The van der Waals surface area contributed by atoms with Crippen LogP contribution in [0, 0.1) is 12.8 Å². The number of carboxylic acids is 1. The Labute approximate surface area is 117 Å². The Hall–Kier alpha value is -1.62. The lowest BCUT2D eigenvalue weighted by molar-refractivity contribution is -0.142. The lowest BCUT2D eigenvalue weighted by Crippen LogP contribution is -2.44. The van der Waals surface area contributed by atoms with E-state index in [2.05, 4.69) is 5.32 Å². The van der Waals surface area contributed by atoms with Crippen molar-refractivity contribution in [3.8, 4) is 0 Å².